The predicted molar refractivity (Wildman–Crippen MR) is 48.7 cm³/mol. The Morgan fingerprint density at radius 2 is 2.09 bits per heavy atom. The number of halogens is 1. The summed E-state index contributed by atoms with van der Waals surface area (Å²) in [5.74, 6) is 0. The topological polar surface area (TPSA) is 0 Å². The molecule has 1 aliphatic rings. The highest BCUT2D eigenvalue weighted by molar-refractivity contribution is 6.21. The molecule has 0 spiro atoms. The third-order valence-corrected chi connectivity index (χ3v) is 2.39. The summed E-state index contributed by atoms with van der Waals surface area (Å²) in [5.41, 5.74) is 2.52. The highest BCUT2D eigenvalue weighted by Crippen LogP contribution is 2.31. The van der Waals surface area contributed by atoms with Gasteiger partial charge in [-0.25, -0.2) is 0 Å². The van der Waals surface area contributed by atoms with Crippen LogP contribution in [-0.2, 0) is 0 Å². The van der Waals surface area contributed by atoms with Gasteiger partial charge in [-0.2, -0.15) is 0 Å². The molecule has 1 aliphatic carbocycles. The zero-order valence-corrected chi connectivity index (χ0v) is 6.88. The summed E-state index contributed by atoms with van der Waals surface area (Å²) in [6, 6.07) is 8.27. The molecule has 1 heteroatoms. The molecule has 0 bridgehead atoms. The molecule has 0 amide bonds. The van der Waals surface area contributed by atoms with Crippen molar-refractivity contribution >= 4 is 17.7 Å². The van der Waals surface area contributed by atoms with Gasteiger partial charge in [0.15, 0.2) is 0 Å². The monoisotopic (exact) mass is 164 g/mol. The first-order chi connectivity index (χ1) is 5.38. The molecule has 1 aromatic rings. The average Bonchev–Trinajstić information content (AvgIpc) is 2.06. The van der Waals surface area contributed by atoms with E-state index < -0.39 is 0 Å². The summed E-state index contributed by atoms with van der Waals surface area (Å²) in [7, 11) is 0. The number of hydrogen-bond donors (Lipinski definition) is 0. The molecule has 11 heavy (non-hydrogen) atoms. The molecule has 0 aliphatic heterocycles. The van der Waals surface area contributed by atoms with Crippen LogP contribution in [0.25, 0.3) is 6.08 Å². The minimum absolute atomic E-state index is 0.177. The van der Waals surface area contributed by atoms with Gasteiger partial charge in [0.1, 0.15) is 0 Å². The summed E-state index contributed by atoms with van der Waals surface area (Å²) in [5, 5.41) is 0.177. The normalized spacial score (nSPS) is 21.4. The van der Waals surface area contributed by atoms with Crippen molar-refractivity contribution < 1.29 is 0 Å². The number of fused-ring (bicyclic) bond motifs is 1. The van der Waals surface area contributed by atoms with Crippen LogP contribution in [0.15, 0.2) is 30.3 Å². The first-order valence-corrected chi connectivity index (χ1v) is 4.21. The lowest BCUT2D eigenvalue weighted by Gasteiger charge is -2.14. The van der Waals surface area contributed by atoms with E-state index in [-0.39, 0.29) is 5.38 Å². The zero-order chi connectivity index (χ0) is 7.68. The molecule has 0 fully saturated rings. The Balaban J connectivity index is 2.54. The third kappa shape index (κ3) is 1.19. The molecule has 0 radical (unpaired) electrons. The highest BCUT2D eigenvalue weighted by atomic mass is 35.5. The molecule has 1 unspecified atom stereocenters. The smallest absolute Gasteiger partial charge is 0.0625 e. The molecule has 0 aromatic heterocycles. The van der Waals surface area contributed by atoms with Crippen molar-refractivity contribution in [3.05, 3.63) is 41.5 Å². The summed E-state index contributed by atoms with van der Waals surface area (Å²) in [6.45, 7) is 0. The Labute approximate surface area is 71.5 Å². The fraction of sp³-hybridized carbons (Fsp3) is 0.200. The van der Waals surface area contributed by atoms with Gasteiger partial charge in [-0.05, 0) is 17.5 Å². The van der Waals surface area contributed by atoms with E-state index >= 15 is 0 Å². The summed E-state index contributed by atoms with van der Waals surface area (Å²) < 4.78 is 0. The van der Waals surface area contributed by atoms with Gasteiger partial charge in [0.2, 0.25) is 0 Å². The molecule has 0 saturated heterocycles. The fourth-order valence-corrected chi connectivity index (χ4v) is 1.69. The van der Waals surface area contributed by atoms with Crippen molar-refractivity contribution in [3.63, 3.8) is 0 Å². The van der Waals surface area contributed by atoms with E-state index in [9.17, 15) is 0 Å². The van der Waals surface area contributed by atoms with E-state index in [1.54, 1.807) is 0 Å². The van der Waals surface area contributed by atoms with Gasteiger partial charge >= 0.3 is 0 Å². The van der Waals surface area contributed by atoms with Crippen LogP contribution in [0.1, 0.15) is 22.9 Å². The molecule has 0 N–H and O–H groups in total. The molecule has 2 rings (SSSR count). The first kappa shape index (κ1) is 6.93. The van der Waals surface area contributed by atoms with Crippen LogP contribution in [0.2, 0.25) is 0 Å². The Bertz CT molecular complexity index is 289. The van der Waals surface area contributed by atoms with Crippen molar-refractivity contribution in [2.24, 2.45) is 0 Å². The van der Waals surface area contributed by atoms with Crippen LogP contribution in [-0.4, -0.2) is 0 Å². The summed E-state index contributed by atoms with van der Waals surface area (Å²) >= 11 is 6.10. The SMILES string of the molecule is ClC1CC=Cc2ccccc21. The van der Waals surface area contributed by atoms with E-state index in [2.05, 4.69) is 24.3 Å². The summed E-state index contributed by atoms with van der Waals surface area (Å²) in [6.07, 6.45) is 5.22. The Kier molecular flexibility index (Phi) is 1.71. The molecule has 1 atom stereocenters. The second-order valence-electron chi connectivity index (χ2n) is 2.73. The molecular weight excluding hydrogens is 156 g/mol. The van der Waals surface area contributed by atoms with E-state index in [1.165, 1.54) is 11.1 Å². The third-order valence-electron chi connectivity index (χ3n) is 1.97. The van der Waals surface area contributed by atoms with Gasteiger partial charge in [0, 0.05) is 0 Å². The first-order valence-electron chi connectivity index (χ1n) is 3.77. The van der Waals surface area contributed by atoms with Gasteiger partial charge in [-0.15, -0.1) is 11.6 Å². The van der Waals surface area contributed by atoms with Crippen molar-refractivity contribution in [2.75, 3.05) is 0 Å². The van der Waals surface area contributed by atoms with Crippen LogP contribution >= 0.6 is 11.6 Å². The Hall–Kier alpha value is -0.750. The lowest BCUT2D eigenvalue weighted by Crippen LogP contribution is -1.96. The maximum atomic E-state index is 6.10. The standard InChI is InChI=1S/C10H9Cl/c11-10-7-3-5-8-4-1-2-6-9(8)10/h1-6,10H,7H2. The van der Waals surface area contributed by atoms with Crippen LogP contribution in [0.4, 0.5) is 0 Å². The zero-order valence-electron chi connectivity index (χ0n) is 6.13. The Morgan fingerprint density at radius 1 is 1.27 bits per heavy atom. The number of rotatable bonds is 0. The second kappa shape index (κ2) is 2.71. The van der Waals surface area contributed by atoms with Crippen LogP contribution in [0.5, 0.6) is 0 Å². The van der Waals surface area contributed by atoms with Crippen molar-refractivity contribution in [1.82, 2.24) is 0 Å². The fourth-order valence-electron chi connectivity index (χ4n) is 1.39. The largest absolute Gasteiger partial charge is 0.117 e. The van der Waals surface area contributed by atoms with Gasteiger partial charge < -0.3 is 0 Å². The van der Waals surface area contributed by atoms with Crippen LogP contribution in [0.3, 0.4) is 0 Å². The lowest BCUT2D eigenvalue weighted by molar-refractivity contribution is 0.942. The minimum Gasteiger partial charge on any atom is -0.117 e. The minimum atomic E-state index is 0.177. The number of hydrogen-bond acceptors (Lipinski definition) is 0. The molecular formula is C10H9Cl. The molecule has 0 nitrogen and oxygen atoms in total. The Morgan fingerprint density at radius 3 is 2.91 bits per heavy atom. The van der Waals surface area contributed by atoms with Gasteiger partial charge in [0.05, 0.1) is 5.38 Å². The quantitative estimate of drug-likeness (QED) is 0.516. The van der Waals surface area contributed by atoms with Crippen molar-refractivity contribution in [2.45, 2.75) is 11.8 Å². The van der Waals surface area contributed by atoms with E-state index in [4.69, 9.17) is 11.6 Å². The molecule has 0 heterocycles. The van der Waals surface area contributed by atoms with Gasteiger partial charge in [-0.1, -0.05) is 36.4 Å². The van der Waals surface area contributed by atoms with E-state index in [0.717, 1.165) is 6.42 Å². The summed E-state index contributed by atoms with van der Waals surface area (Å²) in [4.78, 5) is 0. The van der Waals surface area contributed by atoms with E-state index in [1.807, 2.05) is 12.1 Å². The van der Waals surface area contributed by atoms with E-state index in [0.29, 0.717) is 0 Å². The van der Waals surface area contributed by atoms with Crippen molar-refractivity contribution in [3.8, 4) is 0 Å². The molecule has 0 saturated carbocycles. The van der Waals surface area contributed by atoms with Crippen LogP contribution < -0.4 is 0 Å². The molecule has 1 aromatic carbocycles. The van der Waals surface area contributed by atoms with Crippen LogP contribution in [0, 0.1) is 0 Å². The van der Waals surface area contributed by atoms with Crippen molar-refractivity contribution in [1.29, 1.82) is 0 Å². The number of benzene rings is 1. The van der Waals surface area contributed by atoms with Gasteiger partial charge in [-0.3, -0.25) is 0 Å². The molecule has 56 valence electrons. The number of allylic oxidation sites excluding steroid dienone is 1. The average molecular weight is 165 g/mol. The maximum Gasteiger partial charge on any atom is 0.0625 e. The van der Waals surface area contributed by atoms with Gasteiger partial charge in [0.25, 0.3) is 0 Å². The number of alkyl halides is 1. The predicted octanol–water partition coefficient (Wildman–Crippen LogP) is 3.38. The maximum absolute atomic E-state index is 6.10. The highest BCUT2D eigenvalue weighted by Gasteiger charge is 2.12. The lowest BCUT2D eigenvalue weighted by atomic mass is 9.97. The second-order valence-corrected chi connectivity index (χ2v) is 3.26.